The van der Waals surface area contributed by atoms with E-state index in [1.807, 2.05) is 9.80 Å². The van der Waals surface area contributed by atoms with Gasteiger partial charge in [-0.1, -0.05) is 0 Å². The lowest BCUT2D eigenvalue weighted by Gasteiger charge is -2.23. The van der Waals surface area contributed by atoms with Crippen molar-refractivity contribution >= 4 is 11.7 Å². The van der Waals surface area contributed by atoms with Crippen molar-refractivity contribution in [2.45, 2.75) is 25.4 Å². The Balaban J connectivity index is 1.64. The number of alkyl halides is 3. The maximum Gasteiger partial charge on any atom is 0.417 e. The van der Waals surface area contributed by atoms with Crippen molar-refractivity contribution in [2.75, 3.05) is 31.1 Å². The second kappa shape index (κ2) is 5.78. The zero-order chi connectivity index (χ0) is 15.7. The number of nitrogens with zero attached hydrogens (tertiary/aromatic N) is 3. The van der Waals surface area contributed by atoms with Crippen LogP contribution < -0.4 is 4.90 Å². The van der Waals surface area contributed by atoms with Crippen LogP contribution in [0.1, 0.15) is 24.8 Å². The minimum Gasteiger partial charge on any atom is -0.355 e. The first-order valence-electron chi connectivity index (χ1n) is 7.52. The summed E-state index contributed by atoms with van der Waals surface area (Å²) in [5, 5.41) is 0. The van der Waals surface area contributed by atoms with Crippen LogP contribution in [0.2, 0.25) is 0 Å². The Morgan fingerprint density at radius 1 is 1.14 bits per heavy atom. The minimum absolute atomic E-state index is 0.204. The standard InChI is InChI=1S/C15H18F3N3O/c16-15(17,18)12-4-5-13(19-10-12)20-6-1-7-21(9-8-20)14(22)11-2-3-11/h4-5,10-11H,1-3,6-9H2. The molecule has 2 aliphatic rings. The first-order valence-corrected chi connectivity index (χ1v) is 7.52. The predicted octanol–water partition coefficient (Wildman–Crippen LogP) is 2.55. The van der Waals surface area contributed by atoms with E-state index in [2.05, 4.69) is 4.98 Å². The van der Waals surface area contributed by atoms with E-state index in [1.54, 1.807) is 0 Å². The van der Waals surface area contributed by atoms with E-state index in [4.69, 9.17) is 0 Å². The van der Waals surface area contributed by atoms with Gasteiger partial charge in [0.2, 0.25) is 5.91 Å². The molecule has 0 atom stereocenters. The first-order chi connectivity index (χ1) is 10.4. The summed E-state index contributed by atoms with van der Waals surface area (Å²) in [6.45, 7) is 2.63. The molecular formula is C15H18F3N3O. The fourth-order valence-corrected chi connectivity index (χ4v) is 2.70. The van der Waals surface area contributed by atoms with E-state index < -0.39 is 11.7 Å². The summed E-state index contributed by atoms with van der Waals surface area (Å²) in [6.07, 6.45) is -0.717. The third-order valence-electron chi connectivity index (χ3n) is 4.13. The lowest BCUT2D eigenvalue weighted by molar-refractivity contribution is -0.137. The molecule has 0 aromatic carbocycles. The Kier molecular flexibility index (Phi) is 3.97. The third-order valence-corrected chi connectivity index (χ3v) is 4.13. The number of carbonyl (C=O) groups excluding carboxylic acids is 1. The van der Waals surface area contributed by atoms with E-state index in [0.717, 1.165) is 31.5 Å². The van der Waals surface area contributed by atoms with Crippen molar-refractivity contribution in [2.24, 2.45) is 5.92 Å². The largest absolute Gasteiger partial charge is 0.417 e. The van der Waals surface area contributed by atoms with Crippen molar-refractivity contribution in [3.05, 3.63) is 23.9 Å². The summed E-state index contributed by atoms with van der Waals surface area (Å²) in [4.78, 5) is 19.8. The molecule has 1 aromatic rings. The molecular weight excluding hydrogens is 295 g/mol. The van der Waals surface area contributed by atoms with Crippen LogP contribution in [0.15, 0.2) is 18.3 Å². The van der Waals surface area contributed by atoms with Crippen LogP contribution in [0.5, 0.6) is 0 Å². The van der Waals surface area contributed by atoms with Crippen LogP contribution in [-0.4, -0.2) is 42.0 Å². The number of aromatic nitrogens is 1. The minimum atomic E-state index is -4.36. The fraction of sp³-hybridized carbons (Fsp3) is 0.600. The van der Waals surface area contributed by atoms with Gasteiger partial charge in [0, 0.05) is 38.3 Å². The second-order valence-corrected chi connectivity index (χ2v) is 5.84. The molecule has 0 spiro atoms. The number of hydrogen-bond acceptors (Lipinski definition) is 3. The van der Waals surface area contributed by atoms with E-state index in [9.17, 15) is 18.0 Å². The Morgan fingerprint density at radius 3 is 2.50 bits per heavy atom. The number of hydrogen-bond donors (Lipinski definition) is 0. The molecule has 22 heavy (non-hydrogen) atoms. The Hall–Kier alpha value is -1.79. The SMILES string of the molecule is O=C(C1CC1)N1CCCN(c2ccc(C(F)(F)F)cn2)CC1. The van der Waals surface area contributed by atoms with Gasteiger partial charge in [-0.15, -0.1) is 0 Å². The molecule has 0 bridgehead atoms. The van der Waals surface area contributed by atoms with Crippen LogP contribution in [0, 0.1) is 5.92 Å². The van der Waals surface area contributed by atoms with Crippen molar-refractivity contribution in [3.63, 3.8) is 0 Å². The molecule has 2 fully saturated rings. The van der Waals surface area contributed by atoms with Crippen LogP contribution in [0.4, 0.5) is 19.0 Å². The molecule has 2 heterocycles. The molecule has 0 N–H and O–H groups in total. The maximum absolute atomic E-state index is 12.6. The van der Waals surface area contributed by atoms with Gasteiger partial charge in [0.05, 0.1) is 5.56 Å². The van der Waals surface area contributed by atoms with Gasteiger partial charge in [-0.3, -0.25) is 4.79 Å². The van der Waals surface area contributed by atoms with Gasteiger partial charge < -0.3 is 9.80 Å². The van der Waals surface area contributed by atoms with Gasteiger partial charge in [-0.2, -0.15) is 13.2 Å². The van der Waals surface area contributed by atoms with Gasteiger partial charge in [0.1, 0.15) is 5.82 Å². The molecule has 3 rings (SSSR count). The summed E-state index contributed by atoms with van der Waals surface area (Å²) in [7, 11) is 0. The van der Waals surface area contributed by atoms with Crippen LogP contribution in [-0.2, 0) is 11.0 Å². The summed E-state index contributed by atoms with van der Waals surface area (Å²) in [6, 6.07) is 2.46. The van der Waals surface area contributed by atoms with Crippen LogP contribution >= 0.6 is 0 Å². The number of amides is 1. The molecule has 120 valence electrons. The van der Waals surface area contributed by atoms with E-state index >= 15 is 0 Å². The number of rotatable bonds is 2. The lowest BCUT2D eigenvalue weighted by atomic mass is 10.2. The van der Waals surface area contributed by atoms with Gasteiger partial charge >= 0.3 is 6.18 Å². The summed E-state index contributed by atoms with van der Waals surface area (Å²) < 4.78 is 37.7. The second-order valence-electron chi connectivity index (χ2n) is 5.84. The number of anilines is 1. The van der Waals surface area contributed by atoms with Crippen LogP contribution in [0.3, 0.4) is 0 Å². The summed E-state index contributed by atoms with van der Waals surface area (Å²) >= 11 is 0. The Morgan fingerprint density at radius 2 is 1.91 bits per heavy atom. The number of carbonyl (C=O) groups is 1. The van der Waals surface area contributed by atoms with Gasteiger partial charge in [0.25, 0.3) is 0 Å². The summed E-state index contributed by atoms with van der Waals surface area (Å²) in [5.41, 5.74) is -0.739. The highest BCUT2D eigenvalue weighted by atomic mass is 19.4. The molecule has 0 radical (unpaired) electrons. The quantitative estimate of drug-likeness (QED) is 0.842. The number of halogens is 3. The zero-order valence-corrected chi connectivity index (χ0v) is 12.1. The Bertz CT molecular complexity index is 540. The van der Waals surface area contributed by atoms with Gasteiger partial charge in [0.15, 0.2) is 0 Å². The van der Waals surface area contributed by atoms with Crippen molar-refractivity contribution < 1.29 is 18.0 Å². The summed E-state index contributed by atoms with van der Waals surface area (Å²) in [5.74, 6) is 0.965. The topological polar surface area (TPSA) is 36.4 Å². The third kappa shape index (κ3) is 3.34. The fourth-order valence-electron chi connectivity index (χ4n) is 2.70. The number of pyridine rings is 1. The van der Waals surface area contributed by atoms with Crippen molar-refractivity contribution in [1.29, 1.82) is 0 Å². The molecule has 1 aliphatic heterocycles. The monoisotopic (exact) mass is 313 g/mol. The predicted molar refractivity (Wildman–Crippen MR) is 75.4 cm³/mol. The molecule has 1 saturated heterocycles. The first kappa shape index (κ1) is 15.1. The highest BCUT2D eigenvalue weighted by Gasteiger charge is 2.34. The van der Waals surface area contributed by atoms with Gasteiger partial charge in [-0.05, 0) is 31.4 Å². The lowest BCUT2D eigenvalue weighted by Crippen LogP contribution is -2.36. The highest BCUT2D eigenvalue weighted by Crippen LogP contribution is 2.32. The average molecular weight is 313 g/mol. The maximum atomic E-state index is 12.6. The smallest absolute Gasteiger partial charge is 0.355 e. The van der Waals surface area contributed by atoms with Crippen LogP contribution in [0.25, 0.3) is 0 Å². The molecule has 1 saturated carbocycles. The molecule has 1 amide bonds. The molecule has 4 nitrogen and oxygen atoms in total. The normalized spacial score (nSPS) is 20.0. The van der Waals surface area contributed by atoms with Crippen molar-refractivity contribution in [1.82, 2.24) is 9.88 Å². The van der Waals surface area contributed by atoms with Crippen molar-refractivity contribution in [3.8, 4) is 0 Å². The molecule has 0 unspecified atom stereocenters. The van der Waals surface area contributed by atoms with E-state index in [0.29, 0.717) is 32.0 Å². The van der Waals surface area contributed by atoms with Gasteiger partial charge in [-0.25, -0.2) is 4.98 Å². The van der Waals surface area contributed by atoms with E-state index in [1.165, 1.54) is 6.07 Å². The molecule has 1 aromatic heterocycles. The average Bonchev–Trinajstić information content (AvgIpc) is 3.32. The van der Waals surface area contributed by atoms with E-state index in [-0.39, 0.29) is 11.8 Å². The molecule has 1 aliphatic carbocycles. The zero-order valence-electron chi connectivity index (χ0n) is 12.1. The highest BCUT2D eigenvalue weighted by molar-refractivity contribution is 5.81. The Labute approximate surface area is 126 Å². The molecule has 7 heteroatoms.